The minimum Gasteiger partial charge on any atom is -0.493 e. The Morgan fingerprint density at radius 2 is 2.32 bits per heavy atom. The van der Waals surface area contributed by atoms with Gasteiger partial charge in [0.1, 0.15) is 10.8 Å². The zero-order valence-corrected chi connectivity index (χ0v) is 12.3. The van der Waals surface area contributed by atoms with Crippen molar-refractivity contribution < 1.29 is 9.57 Å². The van der Waals surface area contributed by atoms with E-state index < -0.39 is 0 Å². The molecule has 5 heteroatoms. The normalized spacial score (nSPS) is 29.2. The van der Waals surface area contributed by atoms with E-state index in [1.807, 2.05) is 19.1 Å². The lowest BCUT2D eigenvalue weighted by atomic mass is 10.1. The highest BCUT2D eigenvalue weighted by molar-refractivity contribution is 8.14. The van der Waals surface area contributed by atoms with Gasteiger partial charge < -0.3 is 9.57 Å². The highest BCUT2D eigenvalue weighted by Crippen LogP contribution is 2.43. The Morgan fingerprint density at radius 3 is 3.11 bits per heavy atom. The second-order valence-electron chi connectivity index (χ2n) is 5.12. The maximum Gasteiger partial charge on any atom is 0.154 e. The Balaban J connectivity index is 1.72. The Bertz CT molecular complexity index is 508. The van der Waals surface area contributed by atoms with Crippen LogP contribution in [-0.4, -0.2) is 23.1 Å². The monoisotopic (exact) mass is 297 g/mol. The molecule has 3 nitrogen and oxygen atoms in total. The first kappa shape index (κ1) is 13.1. The first-order chi connectivity index (χ1) is 9.20. The van der Waals surface area contributed by atoms with Gasteiger partial charge in [-0.15, -0.1) is 11.6 Å². The van der Waals surface area contributed by atoms with E-state index in [0.717, 1.165) is 30.2 Å². The van der Waals surface area contributed by atoms with Gasteiger partial charge in [0.25, 0.3) is 0 Å². The summed E-state index contributed by atoms with van der Waals surface area (Å²) >= 11 is 7.69. The minimum atomic E-state index is -0.339. The van der Waals surface area contributed by atoms with Gasteiger partial charge in [0.15, 0.2) is 5.60 Å². The molecule has 0 saturated heterocycles. The lowest BCUT2D eigenvalue weighted by molar-refractivity contribution is 0.0152. The summed E-state index contributed by atoms with van der Waals surface area (Å²) in [6, 6.07) is 8.21. The molecule has 0 saturated carbocycles. The van der Waals surface area contributed by atoms with Gasteiger partial charge in [-0.05, 0) is 19.4 Å². The summed E-state index contributed by atoms with van der Waals surface area (Å²) in [4.78, 5) is 5.44. The molecule has 102 valence electrons. The molecule has 2 unspecified atom stereocenters. The van der Waals surface area contributed by atoms with Crippen LogP contribution in [0.5, 0.6) is 5.75 Å². The molecule has 2 aliphatic rings. The molecule has 0 fully saturated rings. The van der Waals surface area contributed by atoms with Crippen molar-refractivity contribution in [3.63, 3.8) is 0 Å². The van der Waals surface area contributed by atoms with Crippen LogP contribution < -0.4 is 4.74 Å². The van der Waals surface area contributed by atoms with Crippen molar-refractivity contribution in [1.82, 2.24) is 0 Å². The number of para-hydroxylation sites is 1. The fourth-order valence-corrected chi connectivity index (χ4v) is 3.75. The molecule has 0 radical (unpaired) electrons. The van der Waals surface area contributed by atoms with Crippen LogP contribution in [-0.2, 0) is 4.84 Å². The Kier molecular flexibility index (Phi) is 3.63. The fourth-order valence-electron chi connectivity index (χ4n) is 2.28. The standard InChI is InChI=1S/C14H16ClNO2S/c1-14(9-15)8-13(16-18-14)19-12-6-7-17-11-5-3-2-4-10(11)12/h2-5,12H,6-9H2,1H3. The van der Waals surface area contributed by atoms with E-state index in [-0.39, 0.29) is 5.60 Å². The smallest absolute Gasteiger partial charge is 0.154 e. The maximum atomic E-state index is 5.91. The summed E-state index contributed by atoms with van der Waals surface area (Å²) in [7, 11) is 0. The van der Waals surface area contributed by atoms with E-state index in [2.05, 4.69) is 17.3 Å². The van der Waals surface area contributed by atoms with Crippen molar-refractivity contribution >= 4 is 28.4 Å². The van der Waals surface area contributed by atoms with E-state index in [0.29, 0.717) is 11.1 Å². The van der Waals surface area contributed by atoms with Crippen LogP contribution in [0.3, 0.4) is 0 Å². The lowest BCUT2D eigenvalue weighted by Crippen LogP contribution is -2.26. The number of hydrogen-bond acceptors (Lipinski definition) is 4. The van der Waals surface area contributed by atoms with Gasteiger partial charge in [0, 0.05) is 17.2 Å². The lowest BCUT2D eigenvalue weighted by Gasteiger charge is -2.25. The molecule has 2 atom stereocenters. The molecular formula is C14H16ClNO2S. The second kappa shape index (κ2) is 5.25. The molecular weight excluding hydrogens is 282 g/mol. The predicted octanol–water partition coefficient (Wildman–Crippen LogP) is 3.97. The van der Waals surface area contributed by atoms with Crippen molar-refractivity contribution in [2.45, 2.75) is 30.6 Å². The number of nitrogens with zero attached hydrogens (tertiary/aromatic N) is 1. The van der Waals surface area contributed by atoms with Crippen LogP contribution in [0.15, 0.2) is 29.4 Å². The Morgan fingerprint density at radius 1 is 1.47 bits per heavy atom. The van der Waals surface area contributed by atoms with Crippen LogP contribution in [0.2, 0.25) is 0 Å². The first-order valence-electron chi connectivity index (χ1n) is 6.40. The van der Waals surface area contributed by atoms with E-state index in [4.69, 9.17) is 21.2 Å². The molecule has 2 heterocycles. The van der Waals surface area contributed by atoms with Gasteiger partial charge >= 0.3 is 0 Å². The molecule has 0 spiro atoms. The van der Waals surface area contributed by atoms with Crippen LogP contribution in [0.1, 0.15) is 30.6 Å². The summed E-state index contributed by atoms with van der Waals surface area (Å²) < 4.78 is 5.67. The predicted molar refractivity (Wildman–Crippen MR) is 79.1 cm³/mol. The number of halogens is 1. The van der Waals surface area contributed by atoms with E-state index >= 15 is 0 Å². The van der Waals surface area contributed by atoms with Gasteiger partial charge in [-0.3, -0.25) is 0 Å². The molecule has 1 aromatic rings. The van der Waals surface area contributed by atoms with Gasteiger partial charge in [0.2, 0.25) is 0 Å². The summed E-state index contributed by atoms with van der Waals surface area (Å²) in [6.07, 6.45) is 1.79. The third kappa shape index (κ3) is 2.70. The van der Waals surface area contributed by atoms with Crippen molar-refractivity contribution in [1.29, 1.82) is 0 Å². The highest BCUT2D eigenvalue weighted by Gasteiger charge is 2.35. The molecule has 0 aromatic heterocycles. The van der Waals surface area contributed by atoms with Crippen LogP contribution in [0.4, 0.5) is 0 Å². The molecule has 0 bridgehead atoms. The maximum absolute atomic E-state index is 5.91. The molecule has 19 heavy (non-hydrogen) atoms. The number of hydrogen-bond donors (Lipinski definition) is 0. The quantitative estimate of drug-likeness (QED) is 0.774. The van der Waals surface area contributed by atoms with Gasteiger partial charge in [-0.2, -0.15) is 0 Å². The fraction of sp³-hybridized carbons (Fsp3) is 0.500. The van der Waals surface area contributed by atoms with Crippen molar-refractivity contribution in [2.24, 2.45) is 5.16 Å². The number of fused-ring (bicyclic) bond motifs is 1. The zero-order valence-electron chi connectivity index (χ0n) is 10.8. The highest BCUT2D eigenvalue weighted by atomic mass is 35.5. The molecule has 2 aliphatic heterocycles. The van der Waals surface area contributed by atoms with Crippen molar-refractivity contribution in [3.05, 3.63) is 29.8 Å². The molecule has 0 N–H and O–H groups in total. The van der Waals surface area contributed by atoms with Crippen LogP contribution in [0.25, 0.3) is 0 Å². The number of oxime groups is 1. The molecule has 0 aliphatic carbocycles. The third-order valence-electron chi connectivity index (χ3n) is 3.36. The van der Waals surface area contributed by atoms with Crippen molar-refractivity contribution in [2.75, 3.05) is 12.5 Å². The number of rotatable bonds is 2. The van der Waals surface area contributed by atoms with E-state index in [1.165, 1.54) is 5.56 Å². The summed E-state index contributed by atoms with van der Waals surface area (Å²) in [5.41, 5.74) is 0.912. The largest absolute Gasteiger partial charge is 0.493 e. The molecule has 0 amide bonds. The van der Waals surface area contributed by atoms with Gasteiger partial charge in [-0.25, -0.2) is 0 Å². The first-order valence-corrected chi connectivity index (χ1v) is 7.81. The number of benzene rings is 1. The summed E-state index contributed by atoms with van der Waals surface area (Å²) in [5.74, 6) is 1.45. The van der Waals surface area contributed by atoms with E-state index in [9.17, 15) is 0 Å². The third-order valence-corrected chi connectivity index (χ3v) is 5.19. The van der Waals surface area contributed by atoms with Crippen molar-refractivity contribution in [3.8, 4) is 5.75 Å². The molecule has 1 aromatic carbocycles. The second-order valence-corrected chi connectivity index (χ2v) is 6.66. The Labute approximate surface area is 122 Å². The summed E-state index contributed by atoms with van der Waals surface area (Å²) in [5, 5.41) is 5.61. The van der Waals surface area contributed by atoms with Crippen LogP contribution in [0, 0.1) is 0 Å². The number of thioether (sulfide) groups is 1. The van der Waals surface area contributed by atoms with Gasteiger partial charge in [-0.1, -0.05) is 35.1 Å². The average Bonchev–Trinajstić information content (AvgIpc) is 2.82. The van der Waals surface area contributed by atoms with E-state index in [1.54, 1.807) is 11.8 Å². The Hall–Kier alpha value is -0.870. The average molecular weight is 298 g/mol. The zero-order chi connectivity index (χ0) is 13.3. The topological polar surface area (TPSA) is 30.8 Å². The molecule has 3 rings (SSSR count). The number of alkyl halides is 1. The van der Waals surface area contributed by atoms with Gasteiger partial charge in [0.05, 0.1) is 12.5 Å². The SMILES string of the molecule is CC1(CCl)CC(SC2CCOc3ccccc32)=NO1. The minimum absolute atomic E-state index is 0.339. The van der Waals surface area contributed by atoms with Crippen LogP contribution >= 0.6 is 23.4 Å². The summed E-state index contributed by atoms with van der Waals surface area (Å²) in [6.45, 7) is 2.75. The number of ether oxygens (including phenoxy) is 1.